The van der Waals surface area contributed by atoms with E-state index in [1.807, 2.05) is 38.1 Å². The number of nitriles is 1. The molecule has 1 N–H and O–H groups in total. The number of hydrogen-bond donors (Lipinski definition) is 1. The van der Waals surface area contributed by atoms with Crippen LogP contribution < -0.4 is 10.3 Å². The third-order valence-corrected chi connectivity index (χ3v) is 5.48. The second kappa shape index (κ2) is 7.96. The number of nitrogens with one attached hydrogen (secondary N) is 1. The van der Waals surface area contributed by atoms with Gasteiger partial charge in [0.15, 0.2) is 0 Å². The number of piperidine rings is 1. The first kappa shape index (κ1) is 19.0. The molecule has 1 aromatic carbocycles. The number of amides is 1. The normalized spacial score (nSPS) is 21.2. The topological polar surface area (TPSA) is 72.3 Å². The lowest BCUT2D eigenvalue weighted by Gasteiger charge is -2.38. The molecule has 0 bridgehead atoms. The Labute approximate surface area is 171 Å². The molecular formula is C23H25N5O. The fraction of sp³-hybridized carbons (Fsp3) is 0.348. The lowest BCUT2D eigenvalue weighted by atomic mass is 9.99. The summed E-state index contributed by atoms with van der Waals surface area (Å²) >= 11 is 0. The van der Waals surface area contributed by atoms with Crippen LogP contribution in [0.1, 0.15) is 41.4 Å². The summed E-state index contributed by atoms with van der Waals surface area (Å²) < 4.78 is 0. The minimum Gasteiger partial charge on any atom is -0.356 e. The van der Waals surface area contributed by atoms with Gasteiger partial charge in [-0.3, -0.25) is 19.8 Å². The van der Waals surface area contributed by atoms with Crippen molar-refractivity contribution in [3.63, 3.8) is 0 Å². The van der Waals surface area contributed by atoms with Gasteiger partial charge in [0.2, 0.25) is 5.91 Å². The molecule has 0 radical (unpaired) electrons. The predicted molar refractivity (Wildman–Crippen MR) is 112 cm³/mol. The Morgan fingerprint density at radius 3 is 2.72 bits per heavy atom. The van der Waals surface area contributed by atoms with E-state index in [9.17, 15) is 10.1 Å². The molecule has 29 heavy (non-hydrogen) atoms. The molecule has 2 aliphatic rings. The third-order valence-electron chi connectivity index (χ3n) is 5.48. The van der Waals surface area contributed by atoms with Crippen LogP contribution in [0.15, 0.2) is 48.7 Å². The molecule has 2 aliphatic heterocycles. The highest BCUT2D eigenvalue weighted by Gasteiger charge is 2.31. The van der Waals surface area contributed by atoms with Gasteiger partial charge in [0, 0.05) is 37.1 Å². The summed E-state index contributed by atoms with van der Waals surface area (Å²) in [5.74, 6) is 0.524. The molecule has 2 aromatic rings. The highest BCUT2D eigenvalue weighted by molar-refractivity contribution is 5.76. The smallest absolute Gasteiger partial charge is 0.220 e. The van der Waals surface area contributed by atoms with Crippen molar-refractivity contribution in [1.82, 2.24) is 15.3 Å². The molecule has 1 aromatic heterocycles. The summed E-state index contributed by atoms with van der Waals surface area (Å²) in [6, 6.07) is 14.2. The van der Waals surface area contributed by atoms with Gasteiger partial charge in [0.05, 0.1) is 23.4 Å². The Morgan fingerprint density at radius 2 is 2.03 bits per heavy atom. The van der Waals surface area contributed by atoms with Gasteiger partial charge in [-0.15, -0.1) is 0 Å². The van der Waals surface area contributed by atoms with Crippen molar-refractivity contribution < 1.29 is 4.79 Å². The quantitative estimate of drug-likeness (QED) is 0.871. The number of hydrogen-bond acceptors (Lipinski definition) is 5. The van der Waals surface area contributed by atoms with Gasteiger partial charge in [0.25, 0.3) is 0 Å². The van der Waals surface area contributed by atoms with Gasteiger partial charge < -0.3 is 5.32 Å². The van der Waals surface area contributed by atoms with Crippen LogP contribution in [0.4, 0.5) is 5.69 Å². The molecule has 148 valence electrons. The van der Waals surface area contributed by atoms with Crippen molar-refractivity contribution >= 4 is 11.6 Å². The second-order valence-electron chi connectivity index (χ2n) is 7.81. The number of nitrogens with zero attached hydrogens (tertiary/aromatic N) is 4. The van der Waals surface area contributed by atoms with Gasteiger partial charge in [0.1, 0.15) is 0 Å². The van der Waals surface area contributed by atoms with E-state index in [4.69, 9.17) is 0 Å². The Hall–Kier alpha value is -3.33. The molecule has 1 amide bonds. The zero-order valence-corrected chi connectivity index (χ0v) is 16.8. The van der Waals surface area contributed by atoms with Crippen LogP contribution in [0, 0.1) is 31.1 Å². The summed E-state index contributed by atoms with van der Waals surface area (Å²) in [6.45, 7) is 5.54. The summed E-state index contributed by atoms with van der Waals surface area (Å²) in [7, 11) is 0. The predicted octanol–water partition coefficient (Wildman–Crippen LogP) is 3.39. The molecule has 0 aliphatic carbocycles. The molecule has 0 spiro atoms. The van der Waals surface area contributed by atoms with E-state index in [1.165, 1.54) is 5.56 Å². The summed E-state index contributed by atoms with van der Waals surface area (Å²) in [4.78, 5) is 16.0. The Balaban J connectivity index is 1.67. The first-order valence-corrected chi connectivity index (χ1v) is 9.99. The summed E-state index contributed by atoms with van der Waals surface area (Å²) in [6.07, 6.45) is 5.78. The largest absolute Gasteiger partial charge is 0.356 e. The third kappa shape index (κ3) is 4.09. The van der Waals surface area contributed by atoms with Crippen LogP contribution in [0.5, 0.6) is 0 Å². The zero-order valence-electron chi connectivity index (χ0n) is 16.8. The lowest BCUT2D eigenvalue weighted by Crippen LogP contribution is -2.44. The number of anilines is 1. The van der Waals surface area contributed by atoms with E-state index < -0.39 is 0 Å². The van der Waals surface area contributed by atoms with Crippen LogP contribution in [-0.2, 0) is 4.79 Å². The van der Waals surface area contributed by atoms with Gasteiger partial charge in [-0.25, -0.2) is 0 Å². The average Bonchev–Trinajstić information content (AvgIpc) is 3.12. The lowest BCUT2D eigenvalue weighted by molar-refractivity contribution is -0.123. The highest BCUT2D eigenvalue weighted by Crippen LogP contribution is 2.36. The van der Waals surface area contributed by atoms with Crippen molar-refractivity contribution in [1.29, 1.82) is 5.26 Å². The van der Waals surface area contributed by atoms with Gasteiger partial charge >= 0.3 is 0 Å². The summed E-state index contributed by atoms with van der Waals surface area (Å²) in [5.41, 5.74) is 4.78. The Kier molecular flexibility index (Phi) is 5.22. The first-order chi connectivity index (χ1) is 14.0. The number of pyridine rings is 1. The van der Waals surface area contributed by atoms with Crippen molar-refractivity contribution in [3.8, 4) is 6.07 Å². The van der Waals surface area contributed by atoms with Crippen LogP contribution in [0.25, 0.3) is 0 Å². The van der Waals surface area contributed by atoms with Crippen LogP contribution >= 0.6 is 0 Å². The van der Waals surface area contributed by atoms with Crippen molar-refractivity contribution in [2.75, 3.05) is 18.1 Å². The van der Waals surface area contributed by atoms with Gasteiger partial charge in [-0.2, -0.15) is 5.26 Å². The summed E-state index contributed by atoms with van der Waals surface area (Å²) in [5, 5.41) is 16.8. The number of carbonyl (C=O) groups is 1. The maximum absolute atomic E-state index is 11.5. The minimum atomic E-state index is 0.0301. The van der Waals surface area contributed by atoms with E-state index in [1.54, 1.807) is 0 Å². The number of rotatable bonds is 4. The molecule has 1 fully saturated rings. The number of aryl methyl sites for hydroxylation is 2. The molecule has 3 heterocycles. The maximum Gasteiger partial charge on any atom is 0.220 e. The fourth-order valence-electron chi connectivity index (χ4n) is 4.16. The monoisotopic (exact) mass is 387 g/mol. The van der Waals surface area contributed by atoms with Crippen molar-refractivity contribution in [3.05, 3.63) is 71.2 Å². The van der Waals surface area contributed by atoms with Crippen LogP contribution in [0.3, 0.4) is 0 Å². The zero-order chi connectivity index (χ0) is 20.4. The van der Waals surface area contributed by atoms with Gasteiger partial charge in [-0.1, -0.05) is 6.07 Å². The Morgan fingerprint density at radius 1 is 1.24 bits per heavy atom. The number of carbonyl (C=O) groups excluding carboxylic acids is 1. The number of hydrazine groups is 1. The number of aromatic nitrogens is 1. The van der Waals surface area contributed by atoms with Crippen molar-refractivity contribution in [2.45, 2.75) is 32.7 Å². The van der Waals surface area contributed by atoms with Crippen LogP contribution in [-0.4, -0.2) is 29.0 Å². The van der Waals surface area contributed by atoms with E-state index in [0.717, 1.165) is 30.0 Å². The standard InChI is InChI=1S/C23H25N5O/c1-16-10-20(11-17(2)26-16)22-8-9-27(15-19-6-7-23(29)25-14-19)28(22)21-5-3-4-18(12-21)13-24/h3-5,8-12,19,22H,6-7,14-15H2,1-2H3,(H,25,29). The van der Waals surface area contributed by atoms with Gasteiger partial charge in [-0.05, 0) is 68.2 Å². The van der Waals surface area contributed by atoms with E-state index >= 15 is 0 Å². The molecule has 4 rings (SSSR count). The maximum atomic E-state index is 11.5. The first-order valence-electron chi connectivity index (χ1n) is 9.99. The van der Waals surface area contributed by atoms with E-state index in [0.29, 0.717) is 24.4 Å². The molecule has 0 saturated carbocycles. The fourth-order valence-corrected chi connectivity index (χ4v) is 4.16. The molecular weight excluding hydrogens is 362 g/mol. The molecule has 6 nitrogen and oxygen atoms in total. The van der Waals surface area contributed by atoms with Crippen LogP contribution in [0.2, 0.25) is 0 Å². The molecule has 2 unspecified atom stereocenters. The SMILES string of the molecule is Cc1cc(C2C=CN(CC3CCC(=O)NC3)N2c2cccc(C#N)c2)cc(C)n1. The second-order valence-corrected chi connectivity index (χ2v) is 7.81. The Bertz CT molecular complexity index is 963. The van der Waals surface area contributed by atoms with E-state index in [-0.39, 0.29) is 11.9 Å². The molecule has 6 heteroatoms. The number of benzene rings is 1. The highest BCUT2D eigenvalue weighted by atomic mass is 16.1. The average molecular weight is 387 g/mol. The van der Waals surface area contributed by atoms with Crippen molar-refractivity contribution in [2.24, 2.45) is 5.92 Å². The molecule has 1 saturated heterocycles. The van der Waals surface area contributed by atoms with E-state index in [2.05, 4.69) is 50.8 Å². The molecule has 2 atom stereocenters. The minimum absolute atomic E-state index is 0.0301.